The number of piperidine rings is 1. The molecular weight excluding hydrogens is 222 g/mol. The second-order valence-corrected chi connectivity index (χ2v) is 4.80. The van der Waals surface area contributed by atoms with Gasteiger partial charge in [-0.3, -0.25) is 5.10 Å². The van der Waals surface area contributed by atoms with Crippen LogP contribution in [0.1, 0.15) is 24.6 Å². The van der Waals surface area contributed by atoms with Gasteiger partial charge in [0.2, 0.25) is 0 Å². The molecule has 0 saturated carbocycles. The molecule has 0 bridgehead atoms. The van der Waals surface area contributed by atoms with Crippen LogP contribution in [0.2, 0.25) is 0 Å². The summed E-state index contributed by atoms with van der Waals surface area (Å²) in [6, 6.07) is 0. The summed E-state index contributed by atoms with van der Waals surface area (Å²) in [6.07, 6.45) is 4.02. The van der Waals surface area contributed by atoms with Gasteiger partial charge in [-0.2, -0.15) is 5.10 Å². The van der Waals surface area contributed by atoms with Crippen LogP contribution in [0, 0.1) is 0 Å². The maximum atomic E-state index is 4.53. The maximum absolute atomic E-state index is 4.53. The second-order valence-electron chi connectivity index (χ2n) is 3.90. The van der Waals surface area contributed by atoms with Gasteiger partial charge in [0, 0.05) is 17.5 Å². The highest BCUT2D eigenvalue weighted by atomic mass is 32.1. The number of aromatic nitrogens is 4. The fourth-order valence-electron chi connectivity index (χ4n) is 1.97. The van der Waals surface area contributed by atoms with Crippen molar-refractivity contribution in [3.63, 3.8) is 0 Å². The summed E-state index contributed by atoms with van der Waals surface area (Å²) in [7, 11) is 0. The number of nitrogens with zero attached hydrogens (tertiary/aromatic N) is 3. The molecule has 5 nitrogen and oxygen atoms in total. The molecule has 6 heteroatoms. The highest BCUT2D eigenvalue weighted by Crippen LogP contribution is 2.24. The standard InChI is InChI=1S/C10H13N5S/c1-3-11-4-2-7(1)8-13-9(15-14-8)10-12-5-6-16-10/h5-7,11H,1-4H2,(H,13,14,15). The highest BCUT2D eigenvalue weighted by molar-refractivity contribution is 7.12. The first kappa shape index (κ1) is 9.92. The zero-order chi connectivity index (χ0) is 10.8. The van der Waals surface area contributed by atoms with Crippen molar-refractivity contribution in [2.24, 2.45) is 0 Å². The number of aromatic amines is 1. The molecule has 3 heterocycles. The molecule has 1 aliphatic rings. The topological polar surface area (TPSA) is 66.5 Å². The van der Waals surface area contributed by atoms with Crippen molar-refractivity contribution in [2.75, 3.05) is 13.1 Å². The zero-order valence-electron chi connectivity index (χ0n) is 8.81. The van der Waals surface area contributed by atoms with E-state index in [2.05, 4.69) is 25.5 Å². The van der Waals surface area contributed by atoms with Gasteiger partial charge in [0.25, 0.3) is 0 Å². The minimum Gasteiger partial charge on any atom is -0.317 e. The van der Waals surface area contributed by atoms with Gasteiger partial charge in [-0.25, -0.2) is 9.97 Å². The molecule has 2 aromatic rings. The molecular formula is C10H13N5S. The number of H-pyrrole nitrogens is 1. The molecule has 0 atom stereocenters. The van der Waals surface area contributed by atoms with Crippen LogP contribution >= 0.6 is 11.3 Å². The monoisotopic (exact) mass is 235 g/mol. The van der Waals surface area contributed by atoms with Crippen molar-refractivity contribution in [1.82, 2.24) is 25.5 Å². The summed E-state index contributed by atoms with van der Waals surface area (Å²) in [5.41, 5.74) is 0. The van der Waals surface area contributed by atoms with Crippen molar-refractivity contribution in [3.05, 3.63) is 17.4 Å². The van der Waals surface area contributed by atoms with Gasteiger partial charge in [0.05, 0.1) is 0 Å². The molecule has 2 aromatic heterocycles. The molecule has 1 saturated heterocycles. The van der Waals surface area contributed by atoms with Crippen LogP contribution in [-0.4, -0.2) is 33.3 Å². The van der Waals surface area contributed by atoms with Gasteiger partial charge < -0.3 is 5.32 Å². The molecule has 84 valence electrons. The first-order chi connectivity index (χ1) is 7.93. The summed E-state index contributed by atoms with van der Waals surface area (Å²) in [4.78, 5) is 8.75. The van der Waals surface area contributed by atoms with Gasteiger partial charge >= 0.3 is 0 Å². The molecule has 0 aliphatic carbocycles. The average molecular weight is 235 g/mol. The van der Waals surface area contributed by atoms with Crippen LogP contribution in [0.15, 0.2) is 11.6 Å². The molecule has 3 rings (SSSR count). The van der Waals surface area contributed by atoms with Crippen LogP contribution in [0.5, 0.6) is 0 Å². The predicted octanol–water partition coefficient (Wildman–Crippen LogP) is 1.40. The maximum Gasteiger partial charge on any atom is 0.184 e. The van der Waals surface area contributed by atoms with Crippen LogP contribution in [-0.2, 0) is 0 Å². The van der Waals surface area contributed by atoms with Crippen molar-refractivity contribution in [1.29, 1.82) is 0 Å². The van der Waals surface area contributed by atoms with Gasteiger partial charge in [0.15, 0.2) is 16.7 Å². The molecule has 0 aromatic carbocycles. The smallest absolute Gasteiger partial charge is 0.184 e. The number of nitrogens with one attached hydrogen (secondary N) is 2. The number of hydrogen-bond donors (Lipinski definition) is 2. The lowest BCUT2D eigenvalue weighted by molar-refractivity contribution is 0.446. The lowest BCUT2D eigenvalue weighted by Crippen LogP contribution is -2.27. The summed E-state index contributed by atoms with van der Waals surface area (Å²) in [5.74, 6) is 2.22. The van der Waals surface area contributed by atoms with Gasteiger partial charge in [0.1, 0.15) is 0 Å². The molecule has 1 aliphatic heterocycles. The Morgan fingerprint density at radius 3 is 2.94 bits per heavy atom. The third-order valence-corrected chi connectivity index (χ3v) is 3.62. The normalized spacial score (nSPS) is 17.8. The van der Waals surface area contributed by atoms with E-state index >= 15 is 0 Å². The Kier molecular flexibility index (Phi) is 2.67. The molecule has 16 heavy (non-hydrogen) atoms. The van der Waals surface area contributed by atoms with Crippen LogP contribution < -0.4 is 5.32 Å². The summed E-state index contributed by atoms with van der Waals surface area (Å²) in [5, 5.41) is 13.5. The first-order valence-corrected chi connectivity index (χ1v) is 6.34. The molecule has 1 fully saturated rings. The number of hydrogen-bond acceptors (Lipinski definition) is 5. The third-order valence-electron chi connectivity index (χ3n) is 2.84. The first-order valence-electron chi connectivity index (χ1n) is 5.46. The van der Waals surface area contributed by atoms with Crippen molar-refractivity contribution in [3.8, 4) is 10.8 Å². The van der Waals surface area contributed by atoms with Gasteiger partial charge in [-0.15, -0.1) is 11.3 Å². The predicted molar refractivity (Wildman–Crippen MR) is 62.3 cm³/mol. The summed E-state index contributed by atoms with van der Waals surface area (Å²) in [6.45, 7) is 2.12. The van der Waals surface area contributed by atoms with Crippen molar-refractivity contribution < 1.29 is 0 Å². The lowest BCUT2D eigenvalue weighted by atomic mass is 9.98. The molecule has 0 spiro atoms. The van der Waals surface area contributed by atoms with E-state index in [0.29, 0.717) is 5.92 Å². The summed E-state index contributed by atoms with van der Waals surface area (Å²) < 4.78 is 0. The van der Waals surface area contributed by atoms with E-state index in [9.17, 15) is 0 Å². The fourth-order valence-corrected chi connectivity index (χ4v) is 2.55. The average Bonchev–Trinajstić information content (AvgIpc) is 3.01. The number of rotatable bonds is 2. The molecule has 2 N–H and O–H groups in total. The number of thiazole rings is 1. The van der Waals surface area contributed by atoms with Crippen molar-refractivity contribution >= 4 is 11.3 Å². The fraction of sp³-hybridized carbons (Fsp3) is 0.500. The van der Waals surface area contributed by atoms with E-state index in [0.717, 1.165) is 42.6 Å². The molecule has 0 radical (unpaired) electrons. The minimum absolute atomic E-state index is 0.492. The van der Waals surface area contributed by atoms with Crippen LogP contribution in [0.25, 0.3) is 10.8 Å². The zero-order valence-corrected chi connectivity index (χ0v) is 9.63. The Labute approximate surface area is 97.3 Å². The van der Waals surface area contributed by atoms with Crippen molar-refractivity contribution in [2.45, 2.75) is 18.8 Å². The van der Waals surface area contributed by atoms with E-state index in [1.54, 1.807) is 17.5 Å². The SMILES string of the molecule is c1csc(-c2nc(C3CCNCC3)n[nH]2)n1. The van der Waals surface area contributed by atoms with E-state index in [1.807, 2.05) is 5.38 Å². The van der Waals surface area contributed by atoms with Crippen LogP contribution in [0.3, 0.4) is 0 Å². The quantitative estimate of drug-likeness (QED) is 0.825. The Bertz CT molecular complexity index is 443. The van der Waals surface area contributed by atoms with E-state index in [1.165, 1.54) is 0 Å². The Morgan fingerprint density at radius 2 is 2.19 bits per heavy atom. The largest absolute Gasteiger partial charge is 0.317 e. The van der Waals surface area contributed by atoms with E-state index < -0.39 is 0 Å². The van der Waals surface area contributed by atoms with Gasteiger partial charge in [-0.1, -0.05) is 0 Å². The van der Waals surface area contributed by atoms with E-state index in [4.69, 9.17) is 0 Å². The van der Waals surface area contributed by atoms with Gasteiger partial charge in [-0.05, 0) is 25.9 Å². The Hall–Kier alpha value is -1.27. The second kappa shape index (κ2) is 4.31. The lowest BCUT2D eigenvalue weighted by Gasteiger charge is -2.19. The Morgan fingerprint density at radius 1 is 1.31 bits per heavy atom. The van der Waals surface area contributed by atoms with Crippen LogP contribution in [0.4, 0.5) is 0 Å². The molecule has 0 amide bonds. The highest BCUT2D eigenvalue weighted by Gasteiger charge is 2.20. The molecule has 0 unspecified atom stereocenters. The summed E-state index contributed by atoms with van der Waals surface area (Å²) >= 11 is 1.58. The minimum atomic E-state index is 0.492. The third kappa shape index (κ3) is 1.85. The Balaban J connectivity index is 1.82. The van der Waals surface area contributed by atoms with E-state index in [-0.39, 0.29) is 0 Å².